The SMILES string of the molecule is CC(C)CCC(NN)c1ccc(Cl)c(F)c1. The third-order valence-corrected chi connectivity index (χ3v) is 2.89. The number of hydrogen-bond acceptors (Lipinski definition) is 2. The van der Waals surface area contributed by atoms with Crippen molar-refractivity contribution in [2.24, 2.45) is 11.8 Å². The first kappa shape index (κ1) is 13.4. The van der Waals surface area contributed by atoms with Crippen molar-refractivity contribution in [3.05, 3.63) is 34.6 Å². The molecule has 0 aliphatic heterocycles. The number of hydrogen-bond donors (Lipinski definition) is 2. The molecule has 3 N–H and O–H groups in total. The van der Waals surface area contributed by atoms with Gasteiger partial charge in [-0.3, -0.25) is 11.3 Å². The van der Waals surface area contributed by atoms with E-state index in [1.807, 2.05) is 0 Å². The Kier molecular flexibility index (Phi) is 5.19. The van der Waals surface area contributed by atoms with E-state index in [4.69, 9.17) is 17.4 Å². The smallest absolute Gasteiger partial charge is 0.142 e. The number of nitrogens with one attached hydrogen (secondary N) is 1. The molecule has 0 aliphatic carbocycles. The van der Waals surface area contributed by atoms with E-state index in [2.05, 4.69) is 19.3 Å². The minimum absolute atomic E-state index is 0.0193. The van der Waals surface area contributed by atoms with Crippen LogP contribution in [0.5, 0.6) is 0 Å². The van der Waals surface area contributed by atoms with Crippen LogP contribution in [0.4, 0.5) is 4.39 Å². The van der Waals surface area contributed by atoms with E-state index in [1.54, 1.807) is 12.1 Å². The molecule has 0 bridgehead atoms. The Hall–Kier alpha value is -0.640. The summed E-state index contributed by atoms with van der Waals surface area (Å²) in [6.45, 7) is 4.30. The number of rotatable bonds is 5. The van der Waals surface area contributed by atoms with E-state index in [-0.39, 0.29) is 11.1 Å². The van der Waals surface area contributed by atoms with E-state index >= 15 is 0 Å². The summed E-state index contributed by atoms with van der Waals surface area (Å²) in [5.74, 6) is 5.68. The van der Waals surface area contributed by atoms with Crippen LogP contribution in [0.15, 0.2) is 18.2 Å². The second-order valence-corrected chi connectivity index (χ2v) is 4.77. The highest BCUT2D eigenvalue weighted by molar-refractivity contribution is 6.30. The van der Waals surface area contributed by atoms with E-state index in [9.17, 15) is 4.39 Å². The molecule has 0 saturated heterocycles. The fourth-order valence-electron chi connectivity index (χ4n) is 1.58. The van der Waals surface area contributed by atoms with Gasteiger partial charge in [0.15, 0.2) is 0 Å². The minimum atomic E-state index is -0.399. The standard InChI is InChI=1S/C12H18ClFN2/c1-8(2)3-6-12(16-15)9-4-5-10(13)11(14)7-9/h4-5,7-8,12,16H,3,6,15H2,1-2H3. The number of benzene rings is 1. The monoisotopic (exact) mass is 244 g/mol. The van der Waals surface area contributed by atoms with Gasteiger partial charge in [0.25, 0.3) is 0 Å². The van der Waals surface area contributed by atoms with Crippen LogP contribution in [0.1, 0.15) is 38.3 Å². The van der Waals surface area contributed by atoms with Gasteiger partial charge in [0, 0.05) is 6.04 Å². The molecule has 2 nitrogen and oxygen atoms in total. The summed E-state index contributed by atoms with van der Waals surface area (Å²) in [5.41, 5.74) is 3.55. The Morgan fingerprint density at radius 3 is 2.56 bits per heavy atom. The summed E-state index contributed by atoms with van der Waals surface area (Å²) in [6.07, 6.45) is 1.92. The van der Waals surface area contributed by atoms with Gasteiger partial charge in [-0.25, -0.2) is 4.39 Å². The molecule has 1 aromatic carbocycles. The molecule has 1 unspecified atom stereocenters. The third-order valence-electron chi connectivity index (χ3n) is 2.58. The molecular formula is C12H18ClFN2. The van der Waals surface area contributed by atoms with Crippen LogP contribution in [0, 0.1) is 11.7 Å². The fourth-order valence-corrected chi connectivity index (χ4v) is 1.69. The zero-order valence-electron chi connectivity index (χ0n) is 9.63. The Morgan fingerprint density at radius 1 is 1.38 bits per heavy atom. The van der Waals surface area contributed by atoms with Gasteiger partial charge in [-0.05, 0) is 36.5 Å². The molecule has 0 amide bonds. The highest BCUT2D eigenvalue weighted by Crippen LogP contribution is 2.24. The Bertz CT molecular complexity index is 342. The highest BCUT2D eigenvalue weighted by atomic mass is 35.5. The second-order valence-electron chi connectivity index (χ2n) is 4.36. The lowest BCUT2D eigenvalue weighted by Gasteiger charge is -2.17. The topological polar surface area (TPSA) is 38.0 Å². The van der Waals surface area contributed by atoms with Gasteiger partial charge in [-0.1, -0.05) is 31.5 Å². The van der Waals surface area contributed by atoms with Gasteiger partial charge < -0.3 is 0 Å². The van der Waals surface area contributed by atoms with Crippen LogP contribution < -0.4 is 11.3 Å². The Morgan fingerprint density at radius 2 is 2.06 bits per heavy atom. The molecule has 0 fully saturated rings. The molecule has 1 aromatic rings. The van der Waals surface area contributed by atoms with Crippen LogP contribution in [0.25, 0.3) is 0 Å². The van der Waals surface area contributed by atoms with Crippen LogP contribution >= 0.6 is 11.6 Å². The van der Waals surface area contributed by atoms with Crippen LogP contribution in [-0.4, -0.2) is 0 Å². The summed E-state index contributed by atoms with van der Waals surface area (Å²) in [7, 11) is 0. The van der Waals surface area contributed by atoms with Gasteiger partial charge in [0.1, 0.15) is 5.82 Å². The summed E-state index contributed by atoms with van der Waals surface area (Å²) in [5, 5.41) is 0.142. The van der Waals surface area contributed by atoms with Crippen LogP contribution in [-0.2, 0) is 0 Å². The summed E-state index contributed by atoms with van der Waals surface area (Å²) >= 11 is 5.63. The molecule has 4 heteroatoms. The molecular weight excluding hydrogens is 227 g/mol. The molecule has 1 rings (SSSR count). The molecule has 16 heavy (non-hydrogen) atoms. The van der Waals surface area contributed by atoms with Crippen LogP contribution in [0.2, 0.25) is 5.02 Å². The van der Waals surface area contributed by atoms with Crippen LogP contribution in [0.3, 0.4) is 0 Å². The lowest BCUT2D eigenvalue weighted by molar-refractivity contribution is 0.446. The average Bonchev–Trinajstić information content (AvgIpc) is 2.23. The molecule has 0 radical (unpaired) electrons. The molecule has 1 atom stereocenters. The molecule has 0 saturated carbocycles. The first-order valence-corrected chi connectivity index (χ1v) is 5.83. The zero-order valence-corrected chi connectivity index (χ0v) is 10.4. The van der Waals surface area contributed by atoms with Crippen molar-refractivity contribution in [1.29, 1.82) is 0 Å². The first-order valence-electron chi connectivity index (χ1n) is 5.45. The van der Waals surface area contributed by atoms with Gasteiger partial charge in [0.05, 0.1) is 5.02 Å². The normalized spacial score (nSPS) is 13.1. The van der Waals surface area contributed by atoms with Crippen molar-refractivity contribution in [3.63, 3.8) is 0 Å². The maximum absolute atomic E-state index is 13.3. The fraction of sp³-hybridized carbons (Fsp3) is 0.500. The minimum Gasteiger partial charge on any atom is -0.271 e. The number of halogens is 2. The number of hydrazine groups is 1. The van der Waals surface area contributed by atoms with E-state index in [1.165, 1.54) is 6.07 Å². The van der Waals surface area contributed by atoms with E-state index in [0.29, 0.717) is 5.92 Å². The van der Waals surface area contributed by atoms with Gasteiger partial charge >= 0.3 is 0 Å². The van der Waals surface area contributed by atoms with Crippen molar-refractivity contribution in [3.8, 4) is 0 Å². The molecule has 0 aliphatic rings. The zero-order chi connectivity index (χ0) is 12.1. The molecule has 0 aromatic heterocycles. The first-order chi connectivity index (χ1) is 7.54. The van der Waals surface area contributed by atoms with Gasteiger partial charge in [-0.2, -0.15) is 0 Å². The van der Waals surface area contributed by atoms with Gasteiger partial charge in [0.2, 0.25) is 0 Å². The summed E-state index contributed by atoms with van der Waals surface area (Å²) < 4.78 is 13.3. The molecule has 90 valence electrons. The summed E-state index contributed by atoms with van der Waals surface area (Å²) in [6, 6.07) is 4.78. The molecule has 0 spiro atoms. The maximum Gasteiger partial charge on any atom is 0.142 e. The predicted molar refractivity (Wildman–Crippen MR) is 65.5 cm³/mol. The van der Waals surface area contributed by atoms with E-state index < -0.39 is 5.82 Å². The van der Waals surface area contributed by atoms with Crippen molar-refractivity contribution in [1.82, 2.24) is 5.43 Å². The van der Waals surface area contributed by atoms with Gasteiger partial charge in [-0.15, -0.1) is 0 Å². The lowest BCUT2D eigenvalue weighted by atomic mass is 9.98. The largest absolute Gasteiger partial charge is 0.271 e. The van der Waals surface area contributed by atoms with E-state index in [0.717, 1.165) is 18.4 Å². The van der Waals surface area contributed by atoms with Crippen molar-refractivity contribution in [2.75, 3.05) is 0 Å². The second kappa shape index (κ2) is 6.18. The van der Waals surface area contributed by atoms with Crippen molar-refractivity contribution < 1.29 is 4.39 Å². The Balaban J connectivity index is 2.74. The highest BCUT2D eigenvalue weighted by Gasteiger charge is 2.12. The maximum atomic E-state index is 13.3. The predicted octanol–water partition coefficient (Wildman–Crippen LogP) is 3.42. The summed E-state index contributed by atoms with van der Waals surface area (Å²) in [4.78, 5) is 0. The lowest BCUT2D eigenvalue weighted by Crippen LogP contribution is -2.28. The quantitative estimate of drug-likeness (QED) is 0.615. The third kappa shape index (κ3) is 3.74. The van der Waals surface area contributed by atoms with Crippen molar-refractivity contribution in [2.45, 2.75) is 32.7 Å². The Labute approximate surface area is 101 Å². The van der Waals surface area contributed by atoms with Crippen molar-refractivity contribution >= 4 is 11.6 Å². The number of nitrogens with two attached hydrogens (primary N) is 1. The molecule has 0 heterocycles. The average molecular weight is 245 g/mol.